The molecule has 9 heteroatoms. The van der Waals surface area contributed by atoms with Crippen molar-refractivity contribution in [1.82, 2.24) is 9.55 Å². The number of carboxylic acids is 1. The van der Waals surface area contributed by atoms with Gasteiger partial charge in [0.25, 0.3) is 0 Å². The van der Waals surface area contributed by atoms with Crippen LogP contribution in [0.3, 0.4) is 0 Å². The SMILES string of the molecule is O=C([O-])c1ccnc2c1ccn2Cc1cc(Cl)ccc1OCc1ccc(F)cc1F.[Na+]. The first kappa shape index (κ1) is 23.2. The number of hydrogen-bond acceptors (Lipinski definition) is 4. The zero-order chi connectivity index (χ0) is 21.3. The molecule has 2 aromatic carbocycles. The predicted molar refractivity (Wildman–Crippen MR) is 105 cm³/mol. The van der Waals surface area contributed by atoms with Crippen molar-refractivity contribution in [3.63, 3.8) is 0 Å². The zero-order valence-electron chi connectivity index (χ0n) is 16.4. The molecule has 0 aliphatic rings. The van der Waals surface area contributed by atoms with Gasteiger partial charge in [0.2, 0.25) is 0 Å². The number of aromatic carboxylic acids is 1. The first-order valence-corrected chi connectivity index (χ1v) is 9.30. The van der Waals surface area contributed by atoms with Gasteiger partial charge < -0.3 is 19.2 Å². The summed E-state index contributed by atoms with van der Waals surface area (Å²) >= 11 is 6.13. The Bertz CT molecular complexity index is 1260. The maximum Gasteiger partial charge on any atom is 1.00 e. The van der Waals surface area contributed by atoms with Crippen LogP contribution in [0.15, 0.2) is 60.9 Å². The van der Waals surface area contributed by atoms with Crippen molar-refractivity contribution in [2.45, 2.75) is 13.2 Å². The summed E-state index contributed by atoms with van der Waals surface area (Å²) in [5, 5.41) is 12.2. The van der Waals surface area contributed by atoms with E-state index in [0.717, 1.165) is 12.1 Å². The van der Waals surface area contributed by atoms with Gasteiger partial charge in [0.15, 0.2) is 0 Å². The molecular weight excluding hydrogens is 437 g/mol. The van der Waals surface area contributed by atoms with Crippen LogP contribution in [0.25, 0.3) is 11.0 Å². The third-order valence-corrected chi connectivity index (χ3v) is 4.88. The van der Waals surface area contributed by atoms with E-state index in [1.807, 2.05) is 0 Å². The van der Waals surface area contributed by atoms with Crippen LogP contribution in [0, 0.1) is 11.6 Å². The summed E-state index contributed by atoms with van der Waals surface area (Å²) in [6.07, 6.45) is 3.10. The number of carboxylic acid groups (broad SMARTS) is 1. The minimum atomic E-state index is -1.28. The van der Waals surface area contributed by atoms with Crippen LogP contribution in [0.1, 0.15) is 21.5 Å². The molecule has 2 aromatic heterocycles. The Kier molecular flexibility index (Phi) is 7.33. The molecule has 0 aliphatic carbocycles. The van der Waals surface area contributed by atoms with Crippen molar-refractivity contribution in [2.75, 3.05) is 0 Å². The molecular formula is C22H14ClF2N2NaO3. The number of benzene rings is 2. The summed E-state index contributed by atoms with van der Waals surface area (Å²) in [5.74, 6) is -2.18. The second-order valence-electron chi connectivity index (χ2n) is 6.60. The minimum absolute atomic E-state index is 0. The maximum atomic E-state index is 13.9. The molecule has 152 valence electrons. The third-order valence-electron chi connectivity index (χ3n) is 4.64. The number of carbonyl (C=O) groups excluding carboxylic acids is 1. The van der Waals surface area contributed by atoms with Crippen LogP contribution >= 0.6 is 11.6 Å². The molecule has 4 aromatic rings. The van der Waals surface area contributed by atoms with Gasteiger partial charge in [-0.05, 0) is 42.5 Å². The van der Waals surface area contributed by atoms with Gasteiger partial charge in [-0.1, -0.05) is 11.6 Å². The maximum absolute atomic E-state index is 13.9. The minimum Gasteiger partial charge on any atom is -0.545 e. The molecule has 0 atom stereocenters. The fourth-order valence-corrected chi connectivity index (χ4v) is 3.38. The molecule has 0 fully saturated rings. The Labute approximate surface area is 203 Å². The number of fused-ring (bicyclic) bond motifs is 1. The number of rotatable bonds is 6. The van der Waals surface area contributed by atoms with Crippen LogP contribution < -0.4 is 39.4 Å². The standard InChI is InChI=1S/C22H15ClF2N2O3.Na/c23-15-2-4-20(30-12-13-1-3-16(24)10-19(13)25)14(9-15)11-27-8-6-17-18(22(28)29)5-7-26-21(17)27;/h1-10H,11-12H2,(H,28,29);/q;+1/p-1. The van der Waals surface area contributed by atoms with Crippen LogP contribution in [-0.4, -0.2) is 15.5 Å². The van der Waals surface area contributed by atoms with Gasteiger partial charge in [-0.2, -0.15) is 0 Å². The number of ether oxygens (including phenoxy) is 1. The number of hydrogen-bond donors (Lipinski definition) is 0. The monoisotopic (exact) mass is 450 g/mol. The first-order valence-electron chi connectivity index (χ1n) is 8.93. The molecule has 0 amide bonds. The van der Waals surface area contributed by atoms with E-state index in [-0.39, 0.29) is 53.8 Å². The Balaban J connectivity index is 0.00000272. The smallest absolute Gasteiger partial charge is 0.545 e. The second-order valence-corrected chi connectivity index (χ2v) is 7.04. The fraction of sp³-hybridized carbons (Fsp3) is 0.0909. The normalized spacial score (nSPS) is 10.7. The topological polar surface area (TPSA) is 67.2 Å². The van der Waals surface area contributed by atoms with E-state index in [9.17, 15) is 18.7 Å². The van der Waals surface area contributed by atoms with Crippen LogP contribution in [0.5, 0.6) is 5.75 Å². The van der Waals surface area contributed by atoms with Gasteiger partial charge in [-0.25, -0.2) is 13.8 Å². The Morgan fingerprint density at radius 1 is 1.10 bits per heavy atom. The Morgan fingerprint density at radius 3 is 2.65 bits per heavy atom. The van der Waals surface area contributed by atoms with E-state index in [1.54, 1.807) is 35.0 Å². The molecule has 2 heterocycles. The van der Waals surface area contributed by atoms with E-state index in [0.29, 0.717) is 27.4 Å². The van der Waals surface area contributed by atoms with Crippen molar-refractivity contribution >= 4 is 28.6 Å². The summed E-state index contributed by atoms with van der Waals surface area (Å²) in [6.45, 7) is 0.190. The molecule has 0 aliphatic heterocycles. The summed E-state index contributed by atoms with van der Waals surface area (Å²) in [4.78, 5) is 15.6. The van der Waals surface area contributed by atoms with Gasteiger partial charge in [-0.15, -0.1) is 0 Å². The quantitative estimate of drug-likeness (QED) is 0.410. The Morgan fingerprint density at radius 2 is 1.90 bits per heavy atom. The number of aromatic nitrogens is 2. The summed E-state index contributed by atoms with van der Waals surface area (Å²) in [6, 6.07) is 11.3. The van der Waals surface area contributed by atoms with Crippen molar-refractivity contribution in [3.8, 4) is 5.75 Å². The average molecular weight is 451 g/mol. The molecule has 31 heavy (non-hydrogen) atoms. The average Bonchev–Trinajstić information content (AvgIpc) is 3.11. The first-order chi connectivity index (χ1) is 14.4. The summed E-state index contributed by atoms with van der Waals surface area (Å²) in [5.41, 5.74) is 1.41. The molecule has 5 nitrogen and oxygen atoms in total. The number of carbonyl (C=O) groups is 1. The molecule has 0 saturated carbocycles. The number of halogens is 3. The molecule has 0 spiro atoms. The largest absolute Gasteiger partial charge is 1.00 e. The molecule has 4 rings (SSSR count). The van der Waals surface area contributed by atoms with E-state index in [2.05, 4.69) is 4.98 Å². The van der Waals surface area contributed by atoms with Gasteiger partial charge in [0.05, 0.1) is 12.5 Å². The molecule has 0 radical (unpaired) electrons. The summed E-state index contributed by atoms with van der Waals surface area (Å²) < 4.78 is 34.5. The number of pyridine rings is 1. The number of nitrogens with zero attached hydrogens (tertiary/aromatic N) is 2. The van der Waals surface area contributed by atoms with Gasteiger partial charge >= 0.3 is 29.6 Å². The van der Waals surface area contributed by atoms with Crippen LogP contribution in [0.2, 0.25) is 5.02 Å². The zero-order valence-corrected chi connectivity index (χ0v) is 19.2. The van der Waals surface area contributed by atoms with E-state index in [1.165, 1.54) is 18.3 Å². The Hall–Kier alpha value is -2.45. The van der Waals surface area contributed by atoms with Crippen molar-refractivity contribution in [3.05, 3.63) is 94.3 Å². The summed E-state index contributed by atoms with van der Waals surface area (Å²) in [7, 11) is 0. The van der Waals surface area contributed by atoms with Crippen LogP contribution in [-0.2, 0) is 13.2 Å². The van der Waals surface area contributed by atoms with Gasteiger partial charge in [-0.3, -0.25) is 0 Å². The van der Waals surface area contributed by atoms with Crippen molar-refractivity contribution in [1.29, 1.82) is 0 Å². The second kappa shape index (κ2) is 9.78. The van der Waals surface area contributed by atoms with Crippen LogP contribution in [0.4, 0.5) is 8.78 Å². The molecule has 0 saturated heterocycles. The van der Waals surface area contributed by atoms with E-state index in [4.69, 9.17) is 16.3 Å². The van der Waals surface area contributed by atoms with Gasteiger partial charge in [0, 0.05) is 45.6 Å². The van der Waals surface area contributed by atoms with E-state index >= 15 is 0 Å². The molecule has 0 unspecified atom stereocenters. The predicted octanol–water partition coefficient (Wildman–Crippen LogP) is 0.963. The molecule has 0 bridgehead atoms. The van der Waals surface area contributed by atoms with Crippen molar-refractivity contribution in [2.24, 2.45) is 0 Å². The van der Waals surface area contributed by atoms with Gasteiger partial charge in [0.1, 0.15) is 29.6 Å². The van der Waals surface area contributed by atoms with E-state index < -0.39 is 17.6 Å². The third kappa shape index (κ3) is 5.07. The molecule has 0 N–H and O–H groups in total. The van der Waals surface area contributed by atoms with Crippen molar-refractivity contribution < 1.29 is 53.0 Å². The fourth-order valence-electron chi connectivity index (χ4n) is 3.19.